The third-order valence-electron chi connectivity index (χ3n) is 4.20. The summed E-state index contributed by atoms with van der Waals surface area (Å²) in [5.41, 5.74) is 1.88. The quantitative estimate of drug-likeness (QED) is 0.629. The number of nitrogens with one attached hydrogen (secondary N) is 2. The molecule has 0 atom stereocenters. The summed E-state index contributed by atoms with van der Waals surface area (Å²) in [7, 11) is 1.53. The molecule has 0 aliphatic heterocycles. The lowest BCUT2D eigenvalue weighted by atomic mass is 10.2. The lowest BCUT2D eigenvalue weighted by Gasteiger charge is -2.09. The van der Waals surface area contributed by atoms with Gasteiger partial charge in [0, 0.05) is 22.9 Å². The number of ether oxygens (including phenoxy) is 1. The molecule has 2 aromatic carbocycles. The maximum atomic E-state index is 12.5. The fourth-order valence-corrected chi connectivity index (χ4v) is 2.79. The van der Waals surface area contributed by atoms with Gasteiger partial charge in [-0.1, -0.05) is 25.4 Å². The average Bonchev–Trinajstić information content (AvgIpc) is 3.16. The summed E-state index contributed by atoms with van der Waals surface area (Å²) >= 11 is 6.09. The van der Waals surface area contributed by atoms with Gasteiger partial charge in [-0.2, -0.15) is 0 Å². The van der Waals surface area contributed by atoms with Gasteiger partial charge in [-0.3, -0.25) is 9.59 Å². The van der Waals surface area contributed by atoms with E-state index in [2.05, 4.69) is 15.6 Å². The molecular formula is C21H21ClN4O3. The molecule has 150 valence electrons. The smallest absolute Gasteiger partial charge is 0.255 e. The second-order valence-corrected chi connectivity index (χ2v) is 7.07. The normalized spacial score (nSPS) is 10.7. The summed E-state index contributed by atoms with van der Waals surface area (Å²) in [4.78, 5) is 28.4. The second-order valence-electron chi connectivity index (χ2n) is 6.66. The molecule has 0 spiro atoms. The zero-order valence-corrected chi connectivity index (χ0v) is 17.0. The maximum Gasteiger partial charge on any atom is 0.255 e. The summed E-state index contributed by atoms with van der Waals surface area (Å²) in [5.74, 6) is 0.535. The summed E-state index contributed by atoms with van der Waals surface area (Å²) < 4.78 is 6.87. The molecule has 2 N–H and O–H groups in total. The minimum Gasteiger partial charge on any atom is -0.495 e. The van der Waals surface area contributed by atoms with Gasteiger partial charge >= 0.3 is 0 Å². The summed E-state index contributed by atoms with van der Waals surface area (Å²) in [5, 5.41) is 5.96. The van der Waals surface area contributed by atoms with Crippen LogP contribution in [0.5, 0.6) is 5.75 Å². The average molecular weight is 413 g/mol. The third kappa shape index (κ3) is 4.94. The molecule has 0 aliphatic carbocycles. The molecule has 1 aromatic heterocycles. The van der Waals surface area contributed by atoms with Crippen LogP contribution >= 0.6 is 11.6 Å². The highest BCUT2D eigenvalue weighted by Gasteiger charge is 2.11. The predicted octanol–water partition coefficient (Wildman–Crippen LogP) is 4.38. The molecule has 0 bridgehead atoms. The number of aromatic nitrogens is 2. The summed E-state index contributed by atoms with van der Waals surface area (Å²) in [6.45, 7) is 3.63. The lowest BCUT2D eigenvalue weighted by Crippen LogP contribution is -2.17. The van der Waals surface area contributed by atoms with Crippen molar-refractivity contribution in [3.8, 4) is 11.4 Å². The highest BCUT2D eigenvalue weighted by atomic mass is 35.5. The molecule has 1 heterocycles. The first kappa shape index (κ1) is 20.4. The number of rotatable bonds is 6. The molecule has 3 aromatic rings. The molecule has 29 heavy (non-hydrogen) atoms. The van der Waals surface area contributed by atoms with E-state index in [0.29, 0.717) is 27.8 Å². The van der Waals surface area contributed by atoms with Crippen LogP contribution in [0.2, 0.25) is 5.02 Å². The fourth-order valence-electron chi connectivity index (χ4n) is 2.53. The van der Waals surface area contributed by atoms with Crippen LogP contribution in [0.4, 0.5) is 11.5 Å². The number of imidazole rings is 1. The van der Waals surface area contributed by atoms with Crippen LogP contribution in [-0.4, -0.2) is 28.5 Å². The molecule has 2 amide bonds. The minimum atomic E-state index is -0.256. The number of nitrogens with zero attached hydrogens (tertiary/aromatic N) is 2. The van der Waals surface area contributed by atoms with Crippen LogP contribution in [0.15, 0.2) is 55.0 Å². The van der Waals surface area contributed by atoms with Crippen LogP contribution in [0, 0.1) is 5.92 Å². The largest absolute Gasteiger partial charge is 0.495 e. The highest BCUT2D eigenvalue weighted by molar-refractivity contribution is 6.32. The Hall–Kier alpha value is -3.32. The second kappa shape index (κ2) is 8.79. The van der Waals surface area contributed by atoms with Gasteiger partial charge in [0.1, 0.15) is 12.1 Å². The van der Waals surface area contributed by atoms with E-state index in [-0.39, 0.29) is 17.7 Å². The van der Waals surface area contributed by atoms with Gasteiger partial charge in [0.15, 0.2) is 5.82 Å². The van der Waals surface area contributed by atoms with Crippen molar-refractivity contribution < 1.29 is 14.3 Å². The van der Waals surface area contributed by atoms with Crippen molar-refractivity contribution >= 4 is 34.9 Å². The SMILES string of the molecule is COc1ccc(NC(=O)c2ccc(-n3cnc(NC(=O)C(C)C)c3)cc2)cc1Cl. The molecule has 0 saturated heterocycles. The summed E-state index contributed by atoms with van der Waals surface area (Å²) in [6, 6.07) is 12.1. The van der Waals surface area contributed by atoms with Crippen molar-refractivity contribution in [2.45, 2.75) is 13.8 Å². The molecule has 0 fully saturated rings. The highest BCUT2D eigenvalue weighted by Crippen LogP contribution is 2.27. The van der Waals surface area contributed by atoms with Crippen molar-refractivity contribution in [2.75, 3.05) is 17.7 Å². The maximum absolute atomic E-state index is 12.5. The van der Waals surface area contributed by atoms with Gasteiger partial charge in [-0.05, 0) is 42.5 Å². The number of methoxy groups -OCH3 is 1. The Labute approximate surface area is 173 Å². The van der Waals surface area contributed by atoms with E-state index in [4.69, 9.17) is 16.3 Å². The molecule has 8 heteroatoms. The molecule has 0 unspecified atom stereocenters. The van der Waals surface area contributed by atoms with Gasteiger partial charge in [-0.15, -0.1) is 0 Å². The third-order valence-corrected chi connectivity index (χ3v) is 4.49. The predicted molar refractivity (Wildman–Crippen MR) is 113 cm³/mol. The Morgan fingerprint density at radius 1 is 1.10 bits per heavy atom. The Bertz CT molecular complexity index is 1030. The van der Waals surface area contributed by atoms with E-state index in [0.717, 1.165) is 5.69 Å². The number of amides is 2. The summed E-state index contributed by atoms with van der Waals surface area (Å²) in [6.07, 6.45) is 3.32. The van der Waals surface area contributed by atoms with Crippen LogP contribution in [0.25, 0.3) is 5.69 Å². The van der Waals surface area contributed by atoms with E-state index in [9.17, 15) is 9.59 Å². The van der Waals surface area contributed by atoms with Crippen molar-refractivity contribution in [2.24, 2.45) is 5.92 Å². The number of carbonyl (C=O) groups is 2. The topological polar surface area (TPSA) is 85.2 Å². The molecule has 7 nitrogen and oxygen atoms in total. The van der Waals surface area contributed by atoms with Crippen molar-refractivity contribution in [3.63, 3.8) is 0 Å². The Kier molecular flexibility index (Phi) is 6.19. The Morgan fingerprint density at radius 2 is 1.83 bits per heavy atom. The van der Waals surface area contributed by atoms with Gasteiger partial charge in [0.2, 0.25) is 5.91 Å². The van der Waals surface area contributed by atoms with E-state index >= 15 is 0 Å². The van der Waals surface area contributed by atoms with E-state index in [1.165, 1.54) is 7.11 Å². The molecule has 0 radical (unpaired) electrons. The fraction of sp³-hybridized carbons (Fsp3) is 0.190. The molecule has 3 rings (SSSR count). The van der Waals surface area contributed by atoms with E-state index in [1.54, 1.807) is 59.6 Å². The number of anilines is 2. The standard InChI is InChI=1S/C21H21ClN4O3/c1-13(2)20(27)25-19-11-26(12-23-19)16-7-4-14(5-8-16)21(28)24-15-6-9-18(29-3)17(22)10-15/h4-13H,1-3H3,(H,24,28)(H,25,27). The van der Waals surface area contributed by atoms with Crippen molar-refractivity contribution in [1.82, 2.24) is 9.55 Å². The van der Waals surface area contributed by atoms with E-state index < -0.39 is 0 Å². The first-order valence-corrected chi connectivity index (χ1v) is 9.35. The number of hydrogen-bond acceptors (Lipinski definition) is 4. The molecule has 0 saturated carbocycles. The zero-order chi connectivity index (χ0) is 21.0. The van der Waals surface area contributed by atoms with Crippen LogP contribution in [0.3, 0.4) is 0 Å². The molecule has 0 aliphatic rings. The first-order chi connectivity index (χ1) is 13.9. The monoisotopic (exact) mass is 412 g/mol. The Balaban J connectivity index is 1.68. The first-order valence-electron chi connectivity index (χ1n) is 8.97. The van der Waals surface area contributed by atoms with Gasteiger partial charge in [0.25, 0.3) is 5.91 Å². The number of halogens is 1. The van der Waals surface area contributed by atoms with Gasteiger partial charge < -0.3 is 19.9 Å². The van der Waals surface area contributed by atoms with Gasteiger partial charge in [-0.25, -0.2) is 4.98 Å². The minimum absolute atomic E-state index is 0.0964. The Morgan fingerprint density at radius 3 is 2.45 bits per heavy atom. The van der Waals surface area contributed by atoms with Crippen molar-refractivity contribution in [1.29, 1.82) is 0 Å². The number of carbonyl (C=O) groups excluding carboxylic acids is 2. The lowest BCUT2D eigenvalue weighted by molar-refractivity contribution is -0.118. The van der Waals surface area contributed by atoms with E-state index in [1.807, 2.05) is 13.8 Å². The van der Waals surface area contributed by atoms with Crippen LogP contribution in [-0.2, 0) is 4.79 Å². The molecular weight excluding hydrogens is 392 g/mol. The van der Waals surface area contributed by atoms with Crippen molar-refractivity contribution in [3.05, 3.63) is 65.6 Å². The number of hydrogen-bond donors (Lipinski definition) is 2. The zero-order valence-electron chi connectivity index (χ0n) is 16.3. The van der Waals surface area contributed by atoms with Gasteiger partial charge in [0.05, 0.1) is 18.3 Å². The number of benzene rings is 2. The van der Waals surface area contributed by atoms with Crippen LogP contribution in [0.1, 0.15) is 24.2 Å². The van der Waals surface area contributed by atoms with Crippen LogP contribution < -0.4 is 15.4 Å².